The molecule has 6 nitrogen and oxygen atoms in total. The van der Waals surface area contributed by atoms with Crippen LogP contribution in [0.4, 0.5) is 0 Å². The number of carbonyl (C=O) groups excluding carboxylic acids is 1. The summed E-state index contributed by atoms with van der Waals surface area (Å²) in [6, 6.07) is 14.8. The number of benzene rings is 2. The lowest BCUT2D eigenvalue weighted by atomic mass is 10.0. The fourth-order valence-electron chi connectivity index (χ4n) is 2.59. The van der Waals surface area contributed by atoms with Crippen molar-refractivity contribution in [2.45, 2.75) is 19.9 Å². The van der Waals surface area contributed by atoms with Crippen LogP contribution in [0.3, 0.4) is 0 Å². The molecule has 1 atom stereocenters. The van der Waals surface area contributed by atoms with E-state index in [0.717, 1.165) is 16.9 Å². The number of nitrogens with zero attached hydrogens (tertiary/aromatic N) is 2. The number of rotatable bonds is 7. The average Bonchev–Trinajstić information content (AvgIpc) is 3.17. The Kier molecular flexibility index (Phi) is 6.08. The molecule has 0 aliphatic carbocycles. The van der Waals surface area contributed by atoms with Gasteiger partial charge in [-0.3, -0.25) is 4.79 Å². The summed E-state index contributed by atoms with van der Waals surface area (Å²) in [6.45, 7) is 2.06. The molecule has 0 fully saturated rings. The molecule has 1 N–H and O–H groups in total. The van der Waals surface area contributed by atoms with Gasteiger partial charge in [0.05, 0.1) is 13.7 Å². The molecule has 140 valence electrons. The number of aromatic nitrogens is 2. The first-order valence-electron chi connectivity index (χ1n) is 8.54. The second-order valence-electron chi connectivity index (χ2n) is 6.19. The van der Waals surface area contributed by atoms with E-state index >= 15 is 0 Å². The first kappa shape index (κ1) is 18.9. The third-order valence-electron chi connectivity index (χ3n) is 4.13. The number of hydrogen-bond donors (Lipinski definition) is 1. The van der Waals surface area contributed by atoms with Crippen LogP contribution in [-0.2, 0) is 17.8 Å². The molecule has 0 aliphatic heterocycles. The fraction of sp³-hybridized carbons (Fsp3) is 0.250. The molecular formula is C20H20ClN3O3. The second kappa shape index (κ2) is 8.68. The van der Waals surface area contributed by atoms with Crippen molar-refractivity contribution >= 4 is 17.5 Å². The highest BCUT2D eigenvalue weighted by atomic mass is 35.5. The number of methoxy groups -OCH3 is 1. The van der Waals surface area contributed by atoms with Crippen LogP contribution in [0.1, 0.15) is 18.4 Å². The van der Waals surface area contributed by atoms with Gasteiger partial charge < -0.3 is 14.6 Å². The largest absolute Gasteiger partial charge is 0.497 e. The van der Waals surface area contributed by atoms with E-state index < -0.39 is 0 Å². The molecule has 0 radical (unpaired) electrons. The summed E-state index contributed by atoms with van der Waals surface area (Å²) in [7, 11) is 1.61. The minimum Gasteiger partial charge on any atom is -0.497 e. The lowest BCUT2D eigenvalue weighted by Gasteiger charge is -2.11. The van der Waals surface area contributed by atoms with Crippen molar-refractivity contribution in [1.82, 2.24) is 15.5 Å². The van der Waals surface area contributed by atoms with E-state index in [-0.39, 0.29) is 18.4 Å². The predicted octanol–water partition coefficient (Wildman–Crippen LogP) is 3.89. The zero-order chi connectivity index (χ0) is 19.2. The topological polar surface area (TPSA) is 77.3 Å². The minimum atomic E-state index is -0.185. The summed E-state index contributed by atoms with van der Waals surface area (Å²) in [6.07, 6.45) is 0.629. The summed E-state index contributed by atoms with van der Waals surface area (Å²) < 4.78 is 10.3. The van der Waals surface area contributed by atoms with Gasteiger partial charge in [0.2, 0.25) is 17.6 Å². The molecule has 0 saturated heterocycles. The van der Waals surface area contributed by atoms with Gasteiger partial charge in [-0.25, -0.2) is 0 Å². The summed E-state index contributed by atoms with van der Waals surface area (Å²) in [5.41, 5.74) is 1.87. The van der Waals surface area contributed by atoms with E-state index in [9.17, 15) is 4.79 Å². The Hall–Kier alpha value is -2.86. The van der Waals surface area contributed by atoms with E-state index in [4.69, 9.17) is 20.9 Å². The monoisotopic (exact) mass is 385 g/mol. The smallest absolute Gasteiger partial charge is 0.246 e. The molecule has 2 aromatic carbocycles. The van der Waals surface area contributed by atoms with Crippen LogP contribution in [0.5, 0.6) is 5.75 Å². The average molecular weight is 386 g/mol. The van der Waals surface area contributed by atoms with Gasteiger partial charge in [0.25, 0.3) is 0 Å². The van der Waals surface area contributed by atoms with E-state index in [1.165, 1.54) is 0 Å². The maximum absolute atomic E-state index is 12.3. The number of nitrogens with one attached hydrogen (secondary N) is 1. The highest BCUT2D eigenvalue weighted by molar-refractivity contribution is 6.30. The summed E-state index contributed by atoms with van der Waals surface area (Å²) >= 11 is 5.88. The zero-order valence-corrected chi connectivity index (χ0v) is 15.9. The first-order valence-corrected chi connectivity index (χ1v) is 8.92. The summed E-state index contributed by atoms with van der Waals surface area (Å²) in [4.78, 5) is 16.6. The highest BCUT2D eigenvalue weighted by Crippen LogP contribution is 2.19. The van der Waals surface area contributed by atoms with Crippen molar-refractivity contribution in [3.05, 3.63) is 65.0 Å². The van der Waals surface area contributed by atoms with Gasteiger partial charge in [-0.15, -0.1) is 0 Å². The molecule has 1 unspecified atom stereocenters. The van der Waals surface area contributed by atoms with Crippen LogP contribution < -0.4 is 10.1 Å². The first-order chi connectivity index (χ1) is 13.0. The Morgan fingerprint density at radius 1 is 1.19 bits per heavy atom. The van der Waals surface area contributed by atoms with E-state index in [2.05, 4.69) is 15.5 Å². The van der Waals surface area contributed by atoms with Gasteiger partial charge >= 0.3 is 0 Å². The van der Waals surface area contributed by atoms with Gasteiger partial charge in [0.1, 0.15) is 5.75 Å². The maximum Gasteiger partial charge on any atom is 0.246 e. The molecule has 0 saturated carbocycles. The second-order valence-corrected chi connectivity index (χ2v) is 6.63. The molecule has 0 aliphatic rings. The predicted molar refractivity (Wildman–Crippen MR) is 102 cm³/mol. The van der Waals surface area contributed by atoms with Gasteiger partial charge in [-0.2, -0.15) is 4.98 Å². The number of hydrogen-bond acceptors (Lipinski definition) is 5. The molecule has 27 heavy (non-hydrogen) atoms. The van der Waals surface area contributed by atoms with Crippen molar-refractivity contribution in [3.63, 3.8) is 0 Å². The lowest BCUT2D eigenvalue weighted by Crippen LogP contribution is -2.30. The molecule has 0 spiro atoms. The van der Waals surface area contributed by atoms with Crippen LogP contribution in [0, 0.1) is 5.92 Å². The third kappa shape index (κ3) is 5.08. The van der Waals surface area contributed by atoms with Crippen molar-refractivity contribution in [2.24, 2.45) is 5.92 Å². The Morgan fingerprint density at radius 2 is 1.89 bits per heavy atom. The SMILES string of the molecule is COc1ccc(-c2noc(CNC(=O)C(C)Cc3ccc(Cl)cc3)n2)cc1. The fourth-order valence-corrected chi connectivity index (χ4v) is 2.71. The number of halogens is 1. The standard InChI is InChI=1S/C20H20ClN3O3/c1-13(11-14-3-7-16(21)8-4-14)20(25)22-12-18-23-19(24-27-18)15-5-9-17(26-2)10-6-15/h3-10,13H,11-12H2,1-2H3,(H,22,25). The van der Waals surface area contributed by atoms with Crippen molar-refractivity contribution < 1.29 is 14.1 Å². The van der Waals surface area contributed by atoms with E-state index in [1.54, 1.807) is 7.11 Å². The van der Waals surface area contributed by atoms with Crippen molar-refractivity contribution in [3.8, 4) is 17.1 Å². The van der Waals surface area contributed by atoms with Crippen LogP contribution in [-0.4, -0.2) is 23.2 Å². The van der Waals surface area contributed by atoms with E-state index in [1.807, 2.05) is 55.5 Å². The van der Waals surface area contributed by atoms with Crippen molar-refractivity contribution in [1.29, 1.82) is 0 Å². The normalized spacial score (nSPS) is 11.8. The molecular weight excluding hydrogens is 366 g/mol. The molecule has 1 heterocycles. The number of ether oxygens (including phenoxy) is 1. The molecule has 3 aromatic rings. The molecule has 3 rings (SSSR count). The number of amides is 1. The van der Waals surface area contributed by atoms with Crippen LogP contribution in [0.2, 0.25) is 5.02 Å². The van der Waals surface area contributed by atoms with Gasteiger partial charge in [-0.05, 0) is 48.4 Å². The van der Waals surface area contributed by atoms with Gasteiger partial charge in [0, 0.05) is 16.5 Å². The number of carbonyl (C=O) groups is 1. The third-order valence-corrected chi connectivity index (χ3v) is 4.38. The van der Waals surface area contributed by atoms with Gasteiger partial charge in [-0.1, -0.05) is 35.8 Å². The Labute approximate surface area is 162 Å². The Balaban J connectivity index is 1.54. The molecule has 0 bridgehead atoms. The van der Waals surface area contributed by atoms with Crippen LogP contribution >= 0.6 is 11.6 Å². The molecule has 1 aromatic heterocycles. The van der Waals surface area contributed by atoms with Crippen LogP contribution in [0.15, 0.2) is 53.1 Å². The zero-order valence-electron chi connectivity index (χ0n) is 15.1. The Bertz CT molecular complexity index is 892. The van der Waals surface area contributed by atoms with Crippen LogP contribution in [0.25, 0.3) is 11.4 Å². The minimum absolute atomic E-state index is 0.0749. The summed E-state index contributed by atoms with van der Waals surface area (Å²) in [5, 5.41) is 7.46. The molecule has 1 amide bonds. The summed E-state index contributed by atoms with van der Waals surface area (Å²) in [5.74, 6) is 1.32. The molecule has 7 heteroatoms. The lowest BCUT2D eigenvalue weighted by molar-refractivity contribution is -0.124. The van der Waals surface area contributed by atoms with Gasteiger partial charge in [0.15, 0.2) is 0 Å². The Morgan fingerprint density at radius 3 is 2.56 bits per heavy atom. The van der Waals surface area contributed by atoms with E-state index in [0.29, 0.717) is 23.2 Å². The maximum atomic E-state index is 12.3. The quantitative estimate of drug-likeness (QED) is 0.667. The highest BCUT2D eigenvalue weighted by Gasteiger charge is 2.15. The van der Waals surface area contributed by atoms with Crippen molar-refractivity contribution in [2.75, 3.05) is 7.11 Å².